The summed E-state index contributed by atoms with van der Waals surface area (Å²) in [5.41, 5.74) is 1.09. The minimum absolute atomic E-state index is 0.0535. The van der Waals surface area contributed by atoms with Crippen LogP contribution in [0.2, 0.25) is 5.02 Å². The second-order valence-corrected chi connectivity index (χ2v) is 8.88. The van der Waals surface area contributed by atoms with Gasteiger partial charge in [-0.15, -0.1) is 0 Å². The number of nitrogens with one attached hydrogen (secondary N) is 1. The molecule has 0 aliphatic carbocycles. The van der Waals surface area contributed by atoms with Crippen molar-refractivity contribution in [3.8, 4) is 0 Å². The number of likely N-dealkylation sites (tertiary alicyclic amines) is 1. The Balaban J connectivity index is 1.73. The normalized spacial score (nSPS) is 16.2. The molecular formula is C18H27ClN2O3S. The number of hydrogen-bond donors (Lipinski definition) is 1. The smallest absolute Gasteiger partial charge is 0.222 e. The third-order valence-corrected chi connectivity index (χ3v) is 6.27. The molecule has 1 saturated heterocycles. The highest BCUT2D eigenvalue weighted by Crippen LogP contribution is 2.15. The maximum absolute atomic E-state index is 12.3. The van der Waals surface area contributed by atoms with E-state index in [2.05, 4.69) is 4.72 Å². The van der Waals surface area contributed by atoms with Crippen molar-refractivity contribution < 1.29 is 13.2 Å². The number of piperidine rings is 1. The number of rotatable bonds is 8. The van der Waals surface area contributed by atoms with Gasteiger partial charge in [0.25, 0.3) is 0 Å². The largest absolute Gasteiger partial charge is 0.343 e. The fourth-order valence-corrected chi connectivity index (χ4v) is 4.61. The lowest BCUT2D eigenvalue weighted by atomic mass is 10.0. The predicted octanol–water partition coefficient (Wildman–Crippen LogP) is 2.98. The van der Waals surface area contributed by atoms with Gasteiger partial charge in [0.1, 0.15) is 0 Å². The Morgan fingerprint density at radius 3 is 2.48 bits per heavy atom. The molecule has 25 heavy (non-hydrogen) atoms. The van der Waals surface area contributed by atoms with E-state index in [1.807, 2.05) is 36.1 Å². The third-order valence-electron chi connectivity index (χ3n) is 4.50. The highest BCUT2D eigenvalue weighted by Gasteiger charge is 2.25. The highest BCUT2D eigenvalue weighted by molar-refractivity contribution is 7.89. The maximum Gasteiger partial charge on any atom is 0.222 e. The monoisotopic (exact) mass is 386 g/mol. The second-order valence-electron chi connectivity index (χ2n) is 6.57. The minimum atomic E-state index is -3.20. The van der Waals surface area contributed by atoms with Crippen molar-refractivity contribution in [1.29, 1.82) is 0 Å². The predicted molar refractivity (Wildman–Crippen MR) is 101 cm³/mol. The number of hydrogen-bond acceptors (Lipinski definition) is 3. The molecule has 2 rings (SSSR count). The van der Waals surface area contributed by atoms with E-state index in [9.17, 15) is 13.2 Å². The lowest BCUT2D eigenvalue weighted by Gasteiger charge is -2.32. The molecule has 1 aromatic rings. The lowest BCUT2D eigenvalue weighted by Crippen LogP contribution is -2.47. The number of sulfonamides is 1. The van der Waals surface area contributed by atoms with E-state index in [1.54, 1.807) is 0 Å². The highest BCUT2D eigenvalue weighted by atomic mass is 35.5. The zero-order chi connectivity index (χ0) is 18.3. The summed E-state index contributed by atoms with van der Waals surface area (Å²) >= 11 is 5.86. The molecule has 1 aliphatic heterocycles. The van der Waals surface area contributed by atoms with Gasteiger partial charge in [0, 0.05) is 30.6 Å². The van der Waals surface area contributed by atoms with Crippen LogP contribution in [0.3, 0.4) is 0 Å². The summed E-state index contributed by atoms with van der Waals surface area (Å²) < 4.78 is 26.7. The van der Waals surface area contributed by atoms with Gasteiger partial charge in [-0.3, -0.25) is 4.79 Å². The van der Waals surface area contributed by atoms with E-state index in [4.69, 9.17) is 11.6 Å². The lowest BCUT2D eigenvalue weighted by molar-refractivity contribution is -0.132. The number of amides is 1. The molecule has 0 aromatic heterocycles. The molecule has 1 aliphatic rings. The molecule has 0 radical (unpaired) electrons. The quantitative estimate of drug-likeness (QED) is 0.746. The minimum Gasteiger partial charge on any atom is -0.343 e. The summed E-state index contributed by atoms with van der Waals surface area (Å²) in [6.07, 6.45) is 4.06. The zero-order valence-corrected chi connectivity index (χ0v) is 16.3. The molecule has 7 heteroatoms. The van der Waals surface area contributed by atoms with E-state index in [1.165, 1.54) is 0 Å². The average Bonchev–Trinajstić information content (AvgIpc) is 2.59. The van der Waals surface area contributed by atoms with Crippen LogP contribution in [-0.2, 0) is 21.2 Å². The molecule has 1 heterocycles. The first kappa shape index (κ1) is 20.2. The Kier molecular flexibility index (Phi) is 7.72. The van der Waals surface area contributed by atoms with Gasteiger partial charge >= 0.3 is 0 Å². The first-order valence-electron chi connectivity index (χ1n) is 8.92. The van der Waals surface area contributed by atoms with E-state index >= 15 is 0 Å². The van der Waals surface area contributed by atoms with Gasteiger partial charge in [-0.25, -0.2) is 13.1 Å². The number of carbonyl (C=O) groups excluding carboxylic acids is 1. The van der Waals surface area contributed by atoms with E-state index in [-0.39, 0.29) is 17.7 Å². The summed E-state index contributed by atoms with van der Waals surface area (Å²) in [4.78, 5) is 14.2. The molecule has 0 spiro atoms. The Morgan fingerprint density at radius 2 is 1.88 bits per heavy atom. The first-order valence-corrected chi connectivity index (χ1v) is 10.9. The number of aryl methyl sites for hydroxylation is 1. The van der Waals surface area contributed by atoms with Crippen molar-refractivity contribution in [3.63, 3.8) is 0 Å². The number of nitrogens with zero attached hydrogens (tertiary/aromatic N) is 1. The van der Waals surface area contributed by atoms with Crippen molar-refractivity contribution in [2.24, 2.45) is 0 Å². The van der Waals surface area contributed by atoms with Crippen molar-refractivity contribution in [2.75, 3.05) is 18.8 Å². The third kappa shape index (κ3) is 6.96. The van der Waals surface area contributed by atoms with Gasteiger partial charge in [0.15, 0.2) is 0 Å². The maximum atomic E-state index is 12.3. The van der Waals surface area contributed by atoms with Crippen molar-refractivity contribution in [2.45, 2.75) is 51.5 Å². The summed E-state index contributed by atoms with van der Waals surface area (Å²) in [7, 11) is -3.20. The van der Waals surface area contributed by atoms with Crippen molar-refractivity contribution in [3.05, 3.63) is 34.9 Å². The van der Waals surface area contributed by atoms with Crippen LogP contribution in [0.5, 0.6) is 0 Å². The molecule has 0 atom stereocenters. The van der Waals surface area contributed by atoms with Crippen LogP contribution < -0.4 is 4.72 Å². The summed E-state index contributed by atoms with van der Waals surface area (Å²) in [5.74, 6) is 0.311. The molecule has 1 aromatic carbocycles. The topological polar surface area (TPSA) is 66.5 Å². The average molecular weight is 387 g/mol. The van der Waals surface area contributed by atoms with Crippen LogP contribution in [0.1, 0.15) is 44.6 Å². The molecule has 140 valence electrons. The molecule has 0 unspecified atom stereocenters. The molecule has 5 nitrogen and oxygen atoms in total. The van der Waals surface area contributed by atoms with Gasteiger partial charge in [0.2, 0.25) is 15.9 Å². The van der Waals surface area contributed by atoms with Gasteiger partial charge in [0.05, 0.1) is 5.75 Å². The van der Waals surface area contributed by atoms with E-state index in [0.29, 0.717) is 50.2 Å². The molecule has 0 bridgehead atoms. The molecule has 1 amide bonds. The molecule has 1 fully saturated rings. The van der Waals surface area contributed by atoms with Crippen LogP contribution in [0, 0.1) is 0 Å². The fraction of sp³-hybridized carbons (Fsp3) is 0.611. The Morgan fingerprint density at radius 1 is 1.24 bits per heavy atom. The van der Waals surface area contributed by atoms with Gasteiger partial charge in [-0.05, 0) is 43.4 Å². The van der Waals surface area contributed by atoms with Crippen LogP contribution in [0.25, 0.3) is 0 Å². The number of halogens is 1. The van der Waals surface area contributed by atoms with Crippen LogP contribution in [-0.4, -0.2) is 44.1 Å². The fourth-order valence-electron chi connectivity index (χ4n) is 2.95. The van der Waals surface area contributed by atoms with E-state index < -0.39 is 10.0 Å². The zero-order valence-electron chi connectivity index (χ0n) is 14.7. The summed E-state index contributed by atoms with van der Waals surface area (Å²) in [5, 5.41) is 0.693. The number of unbranched alkanes of at least 4 members (excludes halogenated alkanes) is 1. The molecule has 1 N–H and O–H groups in total. The van der Waals surface area contributed by atoms with Gasteiger partial charge < -0.3 is 4.90 Å². The Bertz CT molecular complexity index is 653. The summed E-state index contributed by atoms with van der Waals surface area (Å²) in [6, 6.07) is 7.48. The molecular weight excluding hydrogens is 360 g/mol. The van der Waals surface area contributed by atoms with Gasteiger partial charge in [-0.2, -0.15) is 0 Å². The number of benzene rings is 1. The first-order chi connectivity index (χ1) is 11.9. The SMILES string of the molecule is CCCCS(=O)(=O)NC1CCN(C(=O)CCc2ccc(Cl)cc2)CC1. The molecule has 0 saturated carbocycles. The van der Waals surface area contributed by atoms with Crippen LogP contribution in [0.4, 0.5) is 0 Å². The van der Waals surface area contributed by atoms with Crippen LogP contribution in [0.15, 0.2) is 24.3 Å². The van der Waals surface area contributed by atoms with Crippen LogP contribution >= 0.6 is 11.6 Å². The summed E-state index contributed by atoms with van der Waals surface area (Å²) in [6.45, 7) is 3.20. The Hall–Kier alpha value is -1.11. The van der Waals surface area contributed by atoms with Gasteiger partial charge in [-0.1, -0.05) is 37.1 Å². The standard InChI is InChI=1S/C18H27ClN2O3S/c1-2-3-14-25(23,24)20-17-10-12-21(13-11-17)18(22)9-6-15-4-7-16(19)8-5-15/h4-5,7-8,17,20H,2-3,6,9-14H2,1H3. The van der Waals surface area contributed by atoms with E-state index in [0.717, 1.165) is 12.0 Å². The second kappa shape index (κ2) is 9.55. The Labute approximate surface area is 155 Å². The van der Waals surface area contributed by atoms with Crippen molar-refractivity contribution in [1.82, 2.24) is 9.62 Å². The van der Waals surface area contributed by atoms with Crippen molar-refractivity contribution >= 4 is 27.5 Å². The number of carbonyl (C=O) groups is 1.